The molecule has 0 fully saturated rings. The number of nitrogens with zero attached hydrogens (tertiary/aromatic N) is 2. The van der Waals surface area contributed by atoms with Crippen molar-refractivity contribution >= 4 is 21.6 Å². The molecule has 1 aliphatic rings. The van der Waals surface area contributed by atoms with Crippen LogP contribution in [0, 0.1) is 0 Å². The molecule has 1 amide bonds. The number of nitrogens with one attached hydrogen (secondary N) is 1. The molecule has 3 heterocycles. The molecular formula is C17H13N3O5S. The van der Waals surface area contributed by atoms with Crippen LogP contribution in [-0.2, 0) is 10.0 Å². The maximum Gasteiger partial charge on any atom is 0.274 e. The Balaban J connectivity index is 1.58. The van der Waals surface area contributed by atoms with Crippen LogP contribution in [0.1, 0.15) is 10.5 Å². The summed E-state index contributed by atoms with van der Waals surface area (Å²) in [6.45, 7) is 0.0616. The monoisotopic (exact) mass is 371 g/mol. The summed E-state index contributed by atoms with van der Waals surface area (Å²) in [4.78, 5) is 16.1. The second-order valence-electron chi connectivity index (χ2n) is 5.42. The van der Waals surface area contributed by atoms with Gasteiger partial charge in [0.15, 0.2) is 11.5 Å². The molecule has 0 unspecified atom stereocenters. The molecule has 9 heteroatoms. The van der Waals surface area contributed by atoms with Gasteiger partial charge in [-0.15, -0.1) is 0 Å². The highest BCUT2D eigenvalue weighted by atomic mass is 32.2. The number of carbonyl (C=O) groups excluding carboxylic acids is 1. The number of aromatic nitrogens is 2. The second kappa shape index (κ2) is 6.19. The van der Waals surface area contributed by atoms with Gasteiger partial charge in [0, 0.05) is 24.7 Å². The van der Waals surface area contributed by atoms with Crippen LogP contribution in [-0.4, -0.2) is 30.1 Å². The summed E-state index contributed by atoms with van der Waals surface area (Å²) in [7, 11) is -3.83. The number of benzene rings is 1. The molecular weight excluding hydrogens is 358 g/mol. The van der Waals surface area contributed by atoms with Crippen molar-refractivity contribution in [2.75, 3.05) is 12.1 Å². The Morgan fingerprint density at radius 1 is 1.12 bits per heavy atom. The van der Waals surface area contributed by atoms with E-state index in [1.54, 1.807) is 24.3 Å². The van der Waals surface area contributed by atoms with E-state index >= 15 is 0 Å². The number of carbonyl (C=O) groups is 1. The summed E-state index contributed by atoms with van der Waals surface area (Å²) in [5.74, 6) is 0.450. The first kappa shape index (κ1) is 16.2. The SMILES string of the molecule is O=C(Nc1ccn(S(=O)(=O)c2ccc3c(c2)OCO3)c1)c1ccccn1. The fourth-order valence-electron chi connectivity index (χ4n) is 2.45. The van der Waals surface area contributed by atoms with Crippen molar-refractivity contribution in [3.63, 3.8) is 0 Å². The van der Waals surface area contributed by atoms with Crippen molar-refractivity contribution in [2.45, 2.75) is 4.90 Å². The Kier molecular flexibility index (Phi) is 3.85. The van der Waals surface area contributed by atoms with Crippen LogP contribution < -0.4 is 14.8 Å². The predicted octanol–water partition coefficient (Wildman–Crippen LogP) is 2.10. The third-order valence-electron chi connectivity index (χ3n) is 3.74. The Morgan fingerprint density at radius 2 is 1.96 bits per heavy atom. The fourth-order valence-corrected chi connectivity index (χ4v) is 3.66. The fraction of sp³-hybridized carbons (Fsp3) is 0.0588. The van der Waals surface area contributed by atoms with E-state index in [2.05, 4.69) is 10.3 Å². The molecule has 2 aromatic heterocycles. The lowest BCUT2D eigenvalue weighted by molar-refractivity contribution is 0.102. The van der Waals surface area contributed by atoms with Gasteiger partial charge in [-0.05, 0) is 30.3 Å². The topological polar surface area (TPSA) is 99.5 Å². The Labute approximate surface area is 149 Å². The van der Waals surface area contributed by atoms with E-state index in [4.69, 9.17) is 9.47 Å². The zero-order valence-corrected chi connectivity index (χ0v) is 14.1. The average Bonchev–Trinajstić information content (AvgIpc) is 3.31. The van der Waals surface area contributed by atoms with E-state index in [-0.39, 0.29) is 17.4 Å². The van der Waals surface area contributed by atoms with Crippen LogP contribution in [0.2, 0.25) is 0 Å². The van der Waals surface area contributed by atoms with E-state index in [1.807, 2.05) is 0 Å². The first-order valence-electron chi connectivity index (χ1n) is 7.60. The van der Waals surface area contributed by atoms with E-state index in [9.17, 15) is 13.2 Å². The number of ether oxygens (including phenoxy) is 2. The highest BCUT2D eigenvalue weighted by molar-refractivity contribution is 7.90. The van der Waals surface area contributed by atoms with Gasteiger partial charge in [-0.2, -0.15) is 0 Å². The molecule has 26 heavy (non-hydrogen) atoms. The van der Waals surface area contributed by atoms with E-state index in [0.29, 0.717) is 17.2 Å². The predicted molar refractivity (Wildman–Crippen MR) is 91.8 cm³/mol. The molecule has 132 valence electrons. The van der Waals surface area contributed by atoms with Crippen LogP contribution in [0.4, 0.5) is 5.69 Å². The van der Waals surface area contributed by atoms with Crippen molar-refractivity contribution in [3.8, 4) is 11.5 Å². The van der Waals surface area contributed by atoms with Crippen molar-refractivity contribution < 1.29 is 22.7 Å². The van der Waals surface area contributed by atoms with Gasteiger partial charge in [0.1, 0.15) is 5.69 Å². The first-order chi connectivity index (χ1) is 12.5. The summed E-state index contributed by atoms with van der Waals surface area (Å²) >= 11 is 0. The van der Waals surface area contributed by atoms with Crippen molar-refractivity contribution in [2.24, 2.45) is 0 Å². The maximum absolute atomic E-state index is 12.7. The third-order valence-corrected chi connectivity index (χ3v) is 5.37. The van der Waals surface area contributed by atoms with Gasteiger partial charge in [0.05, 0.1) is 10.6 Å². The molecule has 8 nitrogen and oxygen atoms in total. The Bertz CT molecular complexity index is 1080. The van der Waals surface area contributed by atoms with Gasteiger partial charge < -0.3 is 14.8 Å². The molecule has 3 aromatic rings. The van der Waals surface area contributed by atoms with E-state index in [0.717, 1.165) is 3.97 Å². The summed E-state index contributed by atoms with van der Waals surface area (Å²) in [5.41, 5.74) is 0.573. The molecule has 0 bridgehead atoms. The Morgan fingerprint density at radius 3 is 2.77 bits per heavy atom. The van der Waals surface area contributed by atoms with Crippen molar-refractivity contribution in [1.29, 1.82) is 0 Å². The quantitative estimate of drug-likeness (QED) is 0.754. The van der Waals surface area contributed by atoms with Gasteiger partial charge in [-0.1, -0.05) is 6.07 Å². The van der Waals surface area contributed by atoms with Gasteiger partial charge >= 0.3 is 0 Å². The molecule has 0 saturated heterocycles. The van der Waals surface area contributed by atoms with Gasteiger partial charge in [0.25, 0.3) is 15.9 Å². The second-order valence-corrected chi connectivity index (χ2v) is 7.26. The average molecular weight is 371 g/mol. The molecule has 1 aromatic carbocycles. The third kappa shape index (κ3) is 2.88. The molecule has 4 rings (SSSR count). The zero-order chi connectivity index (χ0) is 18.1. The lowest BCUT2D eigenvalue weighted by Crippen LogP contribution is -2.14. The van der Waals surface area contributed by atoms with E-state index < -0.39 is 15.9 Å². The van der Waals surface area contributed by atoms with Gasteiger partial charge in [0.2, 0.25) is 6.79 Å². The summed E-state index contributed by atoms with van der Waals surface area (Å²) < 4.78 is 36.9. The van der Waals surface area contributed by atoms with Crippen LogP contribution in [0.25, 0.3) is 0 Å². The largest absolute Gasteiger partial charge is 0.454 e. The molecule has 0 atom stereocenters. The lowest BCUT2D eigenvalue weighted by Gasteiger charge is -2.06. The molecule has 0 spiro atoms. The van der Waals surface area contributed by atoms with Gasteiger partial charge in [-0.25, -0.2) is 12.4 Å². The normalized spacial score (nSPS) is 12.8. The van der Waals surface area contributed by atoms with Crippen molar-refractivity contribution in [1.82, 2.24) is 8.96 Å². The molecule has 0 aliphatic carbocycles. The maximum atomic E-state index is 12.7. The highest BCUT2D eigenvalue weighted by Crippen LogP contribution is 2.34. The minimum atomic E-state index is -3.83. The summed E-state index contributed by atoms with van der Waals surface area (Å²) in [6.07, 6.45) is 4.18. The number of anilines is 1. The first-order valence-corrected chi connectivity index (χ1v) is 9.04. The van der Waals surface area contributed by atoms with Crippen LogP contribution in [0.15, 0.2) is 66.0 Å². The number of hydrogen-bond acceptors (Lipinski definition) is 6. The number of hydrogen-bond donors (Lipinski definition) is 1. The standard InChI is InChI=1S/C17H13N3O5S/c21-17(14-3-1-2-7-18-14)19-12-6-8-20(10-12)26(22,23)13-4-5-15-16(9-13)25-11-24-15/h1-10H,11H2,(H,19,21). The smallest absolute Gasteiger partial charge is 0.274 e. The summed E-state index contributed by atoms with van der Waals surface area (Å²) in [6, 6.07) is 10.8. The zero-order valence-electron chi connectivity index (χ0n) is 13.3. The molecule has 1 N–H and O–H groups in total. The minimum absolute atomic E-state index is 0.0555. The summed E-state index contributed by atoms with van der Waals surface area (Å²) in [5, 5.41) is 2.61. The van der Waals surface area contributed by atoms with Crippen LogP contribution in [0.5, 0.6) is 11.5 Å². The number of pyridine rings is 1. The number of rotatable bonds is 4. The number of fused-ring (bicyclic) bond motifs is 1. The van der Waals surface area contributed by atoms with Crippen LogP contribution in [0.3, 0.4) is 0 Å². The van der Waals surface area contributed by atoms with Crippen molar-refractivity contribution in [3.05, 3.63) is 66.7 Å². The number of amides is 1. The highest BCUT2D eigenvalue weighted by Gasteiger charge is 2.22. The lowest BCUT2D eigenvalue weighted by atomic mass is 10.3. The minimum Gasteiger partial charge on any atom is -0.454 e. The molecule has 1 aliphatic heterocycles. The van der Waals surface area contributed by atoms with Crippen LogP contribution >= 0.6 is 0 Å². The van der Waals surface area contributed by atoms with E-state index in [1.165, 1.54) is 36.8 Å². The Hall–Kier alpha value is -3.33. The molecule has 0 radical (unpaired) electrons. The van der Waals surface area contributed by atoms with Gasteiger partial charge in [-0.3, -0.25) is 9.78 Å². The molecule has 0 saturated carbocycles.